The van der Waals surface area contributed by atoms with Crippen LogP contribution in [0.15, 0.2) is 133 Å². The third-order valence-electron chi connectivity index (χ3n) is 8.13. The molecule has 2 heterocycles. The lowest BCUT2D eigenvalue weighted by atomic mass is 9.97. The maximum absolute atomic E-state index is 9.86. The molecular formula is C38H22N4. The SMILES string of the molecule is N#Cc1cc(C#N)cc(-c2cc3c(cc2-n2c4ccccc4c4ccccc42)c2ccccc2n3-c2ccccc2)c1. The molecule has 42 heavy (non-hydrogen) atoms. The van der Waals surface area contributed by atoms with E-state index in [0.717, 1.165) is 55.3 Å². The van der Waals surface area contributed by atoms with Crippen molar-refractivity contribution in [2.45, 2.75) is 0 Å². The maximum Gasteiger partial charge on any atom is 0.0992 e. The van der Waals surface area contributed by atoms with Gasteiger partial charge in [0.1, 0.15) is 0 Å². The fourth-order valence-corrected chi connectivity index (χ4v) is 6.37. The standard InChI is InChI=1S/C38H22N4/c39-23-25-18-26(24-40)20-27(19-25)32-21-38-33(31-14-6-7-15-34(31)41(38)28-10-2-1-3-11-28)22-37(32)42-35-16-8-4-12-29(35)30-13-5-9-17-36(30)42/h1-22H. The Morgan fingerprint density at radius 1 is 0.429 bits per heavy atom. The van der Waals surface area contributed by atoms with Crippen LogP contribution in [0.3, 0.4) is 0 Å². The topological polar surface area (TPSA) is 57.4 Å². The first-order chi connectivity index (χ1) is 20.7. The largest absolute Gasteiger partial charge is 0.309 e. The molecule has 0 saturated carbocycles. The van der Waals surface area contributed by atoms with Crippen LogP contribution in [0.1, 0.15) is 11.1 Å². The molecule has 0 spiro atoms. The summed E-state index contributed by atoms with van der Waals surface area (Å²) in [6.07, 6.45) is 0. The Balaban J connectivity index is 1.59. The van der Waals surface area contributed by atoms with E-state index in [-0.39, 0.29) is 0 Å². The summed E-state index contributed by atoms with van der Waals surface area (Å²) in [5.41, 5.74) is 9.14. The Bertz CT molecular complexity index is 2340. The van der Waals surface area contributed by atoms with Crippen molar-refractivity contribution in [2.24, 2.45) is 0 Å². The van der Waals surface area contributed by atoms with Crippen molar-refractivity contribution in [3.05, 3.63) is 145 Å². The first-order valence-electron chi connectivity index (χ1n) is 13.8. The fourth-order valence-electron chi connectivity index (χ4n) is 6.37. The van der Waals surface area contributed by atoms with Gasteiger partial charge >= 0.3 is 0 Å². The number of para-hydroxylation sites is 4. The van der Waals surface area contributed by atoms with Crippen LogP contribution in [0.5, 0.6) is 0 Å². The van der Waals surface area contributed by atoms with E-state index in [1.165, 1.54) is 10.8 Å². The average Bonchev–Trinajstić information content (AvgIpc) is 3.56. The van der Waals surface area contributed by atoms with E-state index in [2.05, 4.69) is 130 Å². The smallest absolute Gasteiger partial charge is 0.0992 e. The summed E-state index contributed by atoms with van der Waals surface area (Å²) in [5.74, 6) is 0. The third-order valence-corrected chi connectivity index (χ3v) is 8.13. The Kier molecular flexibility index (Phi) is 5.22. The molecule has 0 amide bonds. The molecule has 0 atom stereocenters. The molecule has 0 fully saturated rings. The minimum absolute atomic E-state index is 0.459. The molecule has 8 rings (SSSR count). The van der Waals surface area contributed by atoms with Crippen LogP contribution in [0, 0.1) is 22.7 Å². The van der Waals surface area contributed by atoms with Gasteiger partial charge in [0.05, 0.1) is 51.0 Å². The molecule has 6 aromatic carbocycles. The van der Waals surface area contributed by atoms with E-state index < -0.39 is 0 Å². The first kappa shape index (κ1) is 23.8. The second-order valence-electron chi connectivity index (χ2n) is 10.5. The highest BCUT2D eigenvalue weighted by molar-refractivity contribution is 6.14. The van der Waals surface area contributed by atoms with Crippen LogP contribution in [-0.4, -0.2) is 9.13 Å². The van der Waals surface area contributed by atoms with Gasteiger partial charge in [0.25, 0.3) is 0 Å². The van der Waals surface area contributed by atoms with Crippen LogP contribution in [0.25, 0.3) is 66.1 Å². The van der Waals surface area contributed by atoms with Gasteiger partial charge < -0.3 is 9.13 Å². The lowest BCUT2D eigenvalue weighted by Crippen LogP contribution is -1.99. The second-order valence-corrected chi connectivity index (χ2v) is 10.5. The minimum Gasteiger partial charge on any atom is -0.309 e. The van der Waals surface area contributed by atoms with E-state index in [4.69, 9.17) is 0 Å². The summed E-state index contributed by atoms with van der Waals surface area (Å²) in [6.45, 7) is 0. The molecule has 0 radical (unpaired) electrons. The van der Waals surface area contributed by atoms with E-state index in [0.29, 0.717) is 11.1 Å². The highest BCUT2D eigenvalue weighted by atomic mass is 15.0. The van der Waals surface area contributed by atoms with Gasteiger partial charge in [0.15, 0.2) is 0 Å². The predicted molar refractivity (Wildman–Crippen MR) is 170 cm³/mol. The second kappa shape index (κ2) is 9.24. The van der Waals surface area contributed by atoms with Gasteiger partial charge in [-0.1, -0.05) is 72.8 Å². The number of hydrogen-bond acceptors (Lipinski definition) is 2. The van der Waals surface area contributed by atoms with Crippen LogP contribution >= 0.6 is 0 Å². The van der Waals surface area contributed by atoms with E-state index >= 15 is 0 Å². The number of benzene rings is 6. The Morgan fingerprint density at radius 3 is 1.50 bits per heavy atom. The molecule has 0 unspecified atom stereocenters. The summed E-state index contributed by atoms with van der Waals surface area (Å²) in [4.78, 5) is 0. The zero-order chi connectivity index (χ0) is 28.2. The molecule has 0 aliphatic rings. The van der Waals surface area contributed by atoms with Crippen molar-refractivity contribution in [3.63, 3.8) is 0 Å². The third kappa shape index (κ3) is 3.47. The number of fused-ring (bicyclic) bond motifs is 6. The summed E-state index contributed by atoms with van der Waals surface area (Å²) in [5, 5.41) is 24.4. The highest BCUT2D eigenvalue weighted by Crippen LogP contribution is 2.41. The zero-order valence-electron chi connectivity index (χ0n) is 22.5. The summed E-state index contributed by atoms with van der Waals surface area (Å²) < 4.78 is 4.61. The predicted octanol–water partition coefficient (Wildman–Crippen LogP) is 9.29. The van der Waals surface area contributed by atoms with Gasteiger partial charge in [-0.3, -0.25) is 0 Å². The molecule has 0 saturated heterocycles. The average molecular weight is 535 g/mol. The number of aromatic nitrogens is 2. The molecule has 194 valence electrons. The van der Waals surface area contributed by atoms with Gasteiger partial charge in [-0.25, -0.2) is 0 Å². The lowest BCUT2D eigenvalue weighted by Gasteiger charge is -2.16. The number of nitrogens with zero attached hydrogens (tertiary/aromatic N) is 4. The quantitative estimate of drug-likeness (QED) is 0.227. The molecular weight excluding hydrogens is 512 g/mol. The first-order valence-corrected chi connectivity index (χ1v) is 13.8. The van der Waals surface area contributed by atoms with E-state index in [1.54, 1.807) is 6.07 Å². The van der Waals surface area contributed by atoms with Crippen LogP contribution in [-0.2, 0) is 0 Å². The summed E-state index contributed by atoms with van der Waals surface area (Å²) in [6, 6.07) is 50.2. The minimum atomic E-state index is 0.459. The highest BCUT2D eigenvalue weighted by Gasteiger charge is 2.20. The van der Waals surface area contributed by atoms with Crippen molar-refractivity contribution in [2.75, 3.05) is 0 Å². The van der Waals surface area contributed by atoms with Crippen LogP contribution in [0.4, 0.5) is 0 Å². The zero-order valence-corrected chi connectivity index (χ0v) is 22.5. The molecule has 0 bridgehead atoms. The van der Waals surface area contributed by atoms with E-state index in [1.807, 2.05) is 18.2 Å². The Labute approximate surface area is 242 Å². The van der Waals surface area contributed by atoms with Crippen molar-refractivity contribution in [3.8, 4) is 34.6 Å². The molecule has 0 N–H and O–H groups in total. The molecule has 2 aromatic heterocycles. The number of rotatable bonds is 3. The molecule has 0 aliphatic carbocycles. The van der Waals surface area contributed by atoms with Crippen LogP contribution < -0.4 is 0 Å². The van der Waals surface area contributed by atoms with E-state index in [9.17, 15) is 10.5 Å². The normalized spacial score (nSPS) is 11.3. The van der Waals surface area contributed by atoms with Crippen molar-refractivity contribution < 1.29 is 0 Å². The Morgan fingerprint density at radius 2 is 0.929 bits per heavy atom. The number of hydrogen-bond donors (Lipinski definition) is 0. The van der Waals surface area contributed by atoms with Crippen molar-refractivity contribution >= 4 is 43.6 Å². The molecule has 4 heteroatoms. The maximum atomic E-state index is 9.86. The van der Waals surface area contributed by atoms with Gasteiger partial charge in [-0.15, -0.1) is 0 Å². The summed E-state index contributed by atoms with van der Waals surface area (Å²) in [7, 11) is 0. The Hall–Kier alpha value is -6.10. The van der Waals surface area contributed by atoms with Gasteiger partial charge in [-0.2, -0.15) is 10.5 Å². The van der Waals surface area contributed by atoms with Crippen molar-refractivity contribution in [1.29, 1.82) is 10.5 Å². The lowest BCUT2D eigenvalue weighted by molar-refractivity contribution is 1.17. The molecule has 8 aromatic rings. The summed E-state index contributed by atoms with van der Waals surface area (Å²) >= 11 is 0. The monoisotopic (exact) mass is 534 g/mol. The van der Waals surface area contributed by atoms with Crippen molar-refractivity contribution in [1.82, 2.24) is 9.13 Å². The van der Waals surface area contributed by atoms with Gasteiger partial charge in [0, 0.05) is 32.8 Å². The molecule has 4 nitrogen and oxygen atoms in total. The number of nitriles is 2. The van der Waals surface area contributed by atoms with Gasteiger partial charge in [0.2, 0.25) is 0 Å². The fraction of sp³-hybridized carbons (Fsp3) is 0. The van der Waals surface area contributed by atoms with Crippen LogP contribution in [0.2, 0.25) is 0 Å². The van der Waals surface area contributed by atoms with Gasteiger partial charge in [-0.05, 0) is 66.2 Å². The molecule has 0 aliphatic heterocycles.